The molecular weight excluding hydrogens is 440 g/mol. The molecule has 1 heterocycles. The van der Waals surface area contributed by atoms with E-state index in [4.69, 9.17) is 4.74 Å². The van der Waals surface area contributed by atoms with E-state index in [0.717, 1.165) is 14.2 Å². The largest absolute Gasteiger partial charge is 0.495 e. The van der Waals surface area contributed by atoms with Gasteiger partial charge in [0.2, 0.25) is 5.91 Å². The van der Waals surface area contributed by atoms with Crippen molar-refractivity contribution in [1.29, 1.82) is 0 Å². The number of esters is 2. The Morgan fingerprint density at radius 1 is 0.969 bits per heavy atom. The average Bonchev–Trinajstić information content (AvgIpc) is 3.22. The van der Waals surface area contributed by atoms with Crippen molar-refractivity contribution in [3.05, 3.63) is 47.5 Å². The smallest absolute Gasteiger partial charge is 0.337 e. The molecule has 0 aromatic heterocycles. The molecule has 0 radical (unpaired) electrons. The SMILES string of the molecule is COC(=O)c1cc(NS(=O)(=O)c2ccc(OC)c(N3CCCC3=O)c2)cc(C(=O)OC)c1. The molecule has 1 fully saturated rings. The summed E-state index contributed by atoms with van der Waals surface area (Å²) in [6, 6.07) is 7.85. The second kappa shape index (κ2) is 9.27. The van der Waals surface area contributed by atoms with Crippen molar-refractivity contribution in [3.8, 4) is 5.75 Å². The molecule has 0 atom stereocenters. The summed E-state index contributed by atoms with van der Waals surface area (Å²) >= 11 is 0. The molecule has 0 bridgehead atoms. The van der Waals surface area contributed by atoms with E-state index in [0.29, 0.717) is 30.8 Å². The summed E-state index contributed by atoms with van der Waals surface area (Å²) in [6.45, 7) is 0.454. The highest BCUT2D eigenvalue weighted by molar-refractivity contribution is 7.92. The van der Waals surface area contributed by atoms with Crippen LogP contribution in [0.2, 0.25) is 0 Å². The molecule has 3 rings (SSSR count). The van der Waals surface area contributed by atoms with E-state index in [9.17, 15) is 22.8 Å². The fourth-order valence-corrected chi connectivity index (χ4v) is 4.38. The Bertz CT molecular complexity index is 1140. The van der Waals surface area contributed by atoms with Crippen molar-refractivity contribution in [2.45, 2.75) is 17.7 Å². The Morgan fingerprint density at radius 3 is 2.09 bits per heavy atom. The third-order valence-electron chi connectivity index (χ3n) is 4.85. The third-order valence-corrected chi connectivity index (χ3v) is 6.23. The van der Waals surface area contributed by atoms with Crippen LogP contribution >= 0.6 is 0 Å². The van der Waals surface area contributed by atoms with Crippen molar-refractivity contribution in [3.63, 3.8) is 0 Å². The van der Waals surface area contributed by atoms with Gasteiger partial charge >= 0.3 is 11.9 Å². The predicted octanol–water partition coefficient (Wildman–Crippen LogP) is 2.20. The fraction of sp³-hybridized carbons (Fsp3) is 0.286. The lowest BCUT2D eigenvalue weighted by atomic mass is 10.1. The van der Waals surface area contributed by atoms with Crippen LogP contribution in [0.25, 0.3) is 0 Å². The predicted molar refractivity (Wildman–Crippen MR) is 115 cm³/mol. The molecule has 170 valence electrons. The van der Waals surface area contributed by atoms with Gasteiger partial charge in [-0.3, -0.25) is 9.52 Å². The number of methoxy groups -OCH3 is 3. The van der Waals surface area contributed by atoms with Crippen LogP contribution in [0.5, 0.6) is 5.75 Å². The maximum atomic E-state index is 13.1. The van der Waals surface area contributed by atoms with Crippen LogP contribution in [0, 0.1) is 0 Å². The zero-order chi connectivity index (χ0) is 23.5. The van der Waals surface area contributed by atoms with Gasteiger partial charge in [0, 0.05) is 13.0 Å². The second-order valence-corrected chi connectivity index (χ2v) is 8.55. The minimum absolute atomic E-state index is 0.0359. The summed E-state index contributed by atoms with van der Waals surface area (Å²) in [7, 11) is -0.400. The topological polar surface area (TPSA) is 128 Å². The molecule has 1 aliphatic heterocycles. The van der Waals surface area contributed by atoms with Crippen molar-refractivity contribution in [2.75, 3.05) is 37.5 Å². The van der Waals surface area contributed by atoms with Crippen LogP contribution in [0.4, 0.5) is 11.4 Å². The summed E-state index contributed by atoms with van der Waals surface area (Å²) < 4.78 is 43.1. The number of rotatable bonds is 7. The zero-order valence-corrected chi connectivity index (χ0v) is 18.5. The molecular formula is C21H22N2O8S. The number of nitrogens with one attached hydrogen (secondary N) is 1. The molecule has 0 unspecified atom stereocenters. The highest BCUT2D eigenvalue weighted by Crippen LogP contribution is 2.34. The highest BCUT2D eigenvalue weighted by atomic mass is 32.2. The zero-order valence-electron chi connectivity index (χ0n) is 17.7. The van der Waals surface area contributed by atoms with Gasteiger partial charge in [0.15, 0.2) is 0 Å². The van der Waals surface area contributed by atoms with Crippen LogP contribution in [-0.2, 0) is 24.3 Å². The van der Waals surface area contributed by atoms with E-state index in [1.165, 1.54) is 48.4 Å². The van der Waals surface area contributed by atoms with Crippen LogP contribution in [-0.4, -0.2) is 54.1 Å². The first-order chi connectivity index (χ1) is 15.2. The van der Waals surface area contributed by atoms with E-state index in [-0.39, 0.29) is 27.6 Å². The molecule has 32 heavy (non-hydrogen) atoms. The molecule has 10 nitrogen and oxygen atoms in total. The minimum Gasteiger partial charge on any atom is -0.495 e. The standard InChI is InChI=1S/C21H22N2O8S/c1-29-18-7-6-16(12-17(18)23-8-4-5-19(23)24)32(27,28)22-15-10-13(20(25)30-2)9-14(11-15)21(26)31-3/h6-7,9-12,22H,4-5,8H2,1-3H3. The van der Waals surface area contributed by atoms with E-state index < -0.39 is 22.0 Å². The average molecular weight is 462 g/mol. The minimum atomic E-state index is -4.15. The van der Waals surface area contributed by atoms with Gasteiger partial charge in [-0.1, -0.05) is 0 Å². The van der Waals surface area contributed by atoms with E-state index in [2.05, 4.69) is 14.2 Å². The summed E-state index contributed by atoms with van der Waals surface area (Å²) in [5.74, 6) is -1.27. The van der Waals surface area contributed by atoms with E-state index >= 15 is 0 Å². The fourth-order valence-electron chi connectivity index (χ4n) is 3.32. The third kappa shape index (κ3) is 4.67. The number of ether oxygens (including phenoxy) is 3. The maximum absolute atomic E-state index is 13.1. The van der Waals surface area contributed by atoms with Gasteiger partial charge in [-0.05, 0) is 42.8 Å². The van der Waals surface area contributed by atoms with Gasteiger partial charge in [-0.15, -0.1) is 0 Å². The molecule has 2 aromatic carbocycles. The number of hydrogen-bond donors (Lipinski definition) is 1. The molecule has 0 saturated carbocycles. The molecule has 0 aliphatic carbocycles. The van der Waals surface area contributed by atoms with Crippen molar-refractivity contribution in [1.82, 2.24) is 0 Å². The Kier molecular flexibility index (Phi) is 6.68. The number of nitrogens with zero attached hydrogens (tertiary/aromatic N) is 1. The lowest BCUT2D eigenvalue weighted by Crippen LogP contribution is -2.25. The summed E-state index contributed by atoms with van der Waals surface area (Å²) in [4.78, 5) is 37.4. The van der Waals surface area contributed by atoms with E-state index in [1.807, 2.05) is 0 Å². The highest BCUT2D eigenvalue weighted by Gasteiger charge is 2.27. The molecule has 1 amide bonds. The molecule has 1 N–H and O–H groups in total. The number of hydrogen-bond acceptors (Lipinski definition) is 8. The maximum Gasteiger partial charge on any atom is 0.337 e. The molecule has 1 aliphatic rings. The van der Waals surface area contributed by atoms with Crippen molar-refractivity contribution in [2.24, 2.45) is 0 Å². The Hall–Kier alpha value is -3.60. The summed E-state index contributed by atoms with van der Waals surface area (Å²) in [5, 5.41) is 0. The van der Waals surface area contributed by atoms with Crippen molar-refractivity contribution < 1.29 is 37.0 Å². The number of anilines is 2. The molecule has 1 saturated heterocycles. The van der Waals surface area contributed by atoms with Crippen LogP contribution < -0.4 is 14.4 Å². The van der Waals surface area contributed by atoms with Gasteiger partial charge < -0.3 is 19.1 Å². The molecule has 11 heteroatoms. The van der Waals surface area contributed by atoms with Gasteiger partial charge in [0.25, 0.3) is 10.0 Å². The molecule has 0 spiro atoms. The summed E-state index contributed by atoms with van der Waals surface area (Å²) in [6.07, 6.45) is 1.03. The number of carbonyl (C=O) groups excluding carboxylic acids is 3. The van der Waals surface area contributed by atoms with Gasteiger partial charge in [0.1, 0.15) is 5.75 Å². The van der Waals surface area contributed by atoms with Crippen LogP contribution in [0.1, 0.15) is 33.6 Å². The first kappa shape index (κ1) is 23.1. The molecule has 2 aromatic rings. The van der Waals surface area contributed by atoms with Gasteiger partial charge in [-0.25, -0.2) is 18.0 Å². The first-order valence-electron chi connectivity index (χ1n) is 9.53. The lowest BCUT2D eigenvalue weighted by molar-refractivity contribution is -0.117. The Morgan fingerprint density at radius 2 is 1.59 bits per heavy atom. The number of amides is 1. The monoisotopic (exact) mass is 462 g/mol. The first-order valence-corrected chi connectivity index (χ1v) is 11.0. The van der Waals surface area contributed by atoms with E-state index in [1.54, 1.807) is 0 Å². The van der Waals surface area contributed by atoms with Crippen LogP contribution in [0.15, 0.2) is 41.3 Å². The number of sulfonamides is 1. The van der Waals surface area contributed by atoms with Gasteiger partial charge in [-0.2, -0.15) is 0 Å². The second-order valence-electron chi connectivity index (χ2n) is 6.87. The number of carbonyl (C=O) groups is 3. The summed E-state index contributed by atoms with van der Waals surface area (Å²) in [5.41, 5.74) is 0.233. The lowest BCUT2D eigenvalue weighted by Gasteiger charge is -2.20. The normalized spacial score (nSPS) is 13.6. The van der Waals surface area contributed by atoms with Crippen molar-refractivity contribution >= 4 is 39.2 Å². The Balaban J connectivity index is 2.01. The quantitative estimate of drug-likeness (QED) is 0.620. The van der Waals surface area contributed by atoms with Gasteiger partial charge in [0.05, 0.1) is 48.7 Å². The van der Waals surface area contributed by atoms with Crippen LogP contribution in [0.3, 0.4) is 0 Å². The number of benzene rings is 2. The Labute approximate surface area is 185 Å².